The summed E-state index contributed by atoms with van der Waals surface area (Å²) in [6.45, 7) is 8.44. The van der Waals surface area contributed by atoms with Crippen molar-refractivity contribution in [3.05, 3.63) is 35.4 Å². The number of carbonyl (C=O) groups is 3. The summed E-state index contributed by atoms with van der Waals surface area (Å²) in [4.78, 5) is 41.3. The monoisotopic (exact) mass is 549 g/mol. The first kappa shape index (κ1) is 29.8. The van der Waals surface area contributed by atoms with Gasteiger partial charge in [0.05, 0.1) is 5.56 Å². The van der Waals surface area contributed by atoms with E-state index in [-0.39, 0.29) is 17.4 Å². The number of likely N-dealkylation sites (tertiary alicyclic amines) is 1. The van der Waals surface area contributed by atoms with Crippen molar-refractivity contribution in [3.63, 3.8) is 0 Å². The maximum atomic E-state index is 14.5. The number of amides is 1. The molecule has 0 aliphatic carbocycles. The number of hydrogen-bond acceptors (Lipinski definition) is 9. The molecule has 2 N–H and O–H groups in total. The molecule has 39 heavy (non-hydrogen) atoms. The smallest absolute Gasteiger partial charge is 0.414 e. The van der Waals surface area contributed by atoms with E-state index in [0.717, 1.165) is 51.1 Å². The summed E-state index contributed by atoms with van der Waals surface area (Å²) in [5.41, 5.74) is 0.120. The zero-order valence-corrected chi connectivity index (χ0v) is 22.5. The van der Waals surface area contributed by atoms with Crippen molar-refractivity contribution in [2.24, 2.45) is 0 Å². The zero-order valence-electron chi connectivity index (χ0n) is 22.5. The lowest BCUT2D eigenvalue weighted by atomic mass is 10.0. The SMILES string of the molecule is CC(C)c1noc(N2CCC(N(C)CCOc3ccc(C(=O)N4CCCC4)c(F)c3)CC2)n1.O=C(O)C(=O)O. The Morgan fingerprint density at radius 1 is 1.13 bits per heavy atom. The van der Waals surface area contributed by atoms with Crippen LogP contribution in [0.25, 0.3) is 0 Å². The number of carboxylic acids is 2. The standard InChI is InChI=1S/C24H34FN5O3.C2H2O4/c1-17(2)22-26-24(33-27-22)30-12-8-18(9-13-30)28(3)14-15-32-19-6-7-20(21(25)16-19)23(31)29-10-4-5-11-29;3-1(4)2(5)6/h6-7,16-18H,4-5,8-15H2,1-3H3;(H,3,4)(H,5,6). The van der Waals surface area contributed by atoms with Crippen LogP contribution in [0.3, 0.4) is 0 Å². The van der Waals surface area contributed by atoms with Crippen molar-refractivity contribution in [1.82, 2.24) is 19.9 Å². The van der Waals surface area contributed by atoms with Gasteiger partial charge in [-0.3, -0.25) is 9.69 Å². The molecule has 2 aliphatic heterocycles. The van der Waals surface area contributed by atoms with E-state index < -0.39 is 17.8 Å². The Kier molecular flexibility index (Phi) is 10.6. The summed E-state index contributed by atoms with van der Waals surface area (Å²) in [6.07, 6.45) is 3.96. The molecule has 1 aromatic heterocycles. The Labute approximate surface area is 226 Å². The largest absolute Gasteiger partial charge is 0.492 e. The number of ether oxygens (including phenoxy) is 1. The summed E-state index contributed by atoms with van der Waals surface area (Å²) in [6, 6.07) is 5.58. The number of carboxylic acid groups (broad SMARTS) is 2. The second kappa shape index (κ2) is 13.9. The van der Waals surface area contributed by atoms with E-state index in [9.17, 15) is 9.18 Å². The highest BCUT2D eigenvalue weighted by Crippen LogP contribution is 2.23. The molecule has 1 aromatic carbocycles. The number of halogens is 1. The summed E-state index contributed by atoms with van der Waals surface area (Å²) in [7, 11) is 2.09. The molecule has 1 amide bonds. The normalized spacial score (nSPS) is 15.8. The third kappa shape index (κ3) is 8.37. The first-order valence-corrected chi connectivity index (χ1v) is 13.0. The van der Waals surface area contributed by atoms with Gasteiger partial charge in [0.25, 0.3) is 5.91 Å². The van der Waals surface area contributed by atoms with Crippen LogP contribution in [0, 0.1) is 5.82 Å². The summed E-state index contributed by atoms with van der Waals surface area (Å²) < 4.78 is 25.7. The van der Waals surface area contributed by atoms with Gasteiger partial charge >= 0.3 is 18.0 Å². The highest BCUT2D eigenvalue weighted by atomic mass is 19.1. The minimum absolute atomic E-state index is 0.120. The lowest BCUT2D eigenvalue weighted by Gasteiger charge is -2.35. The predicted molar refractivity (Wildman–Crippen MR) is 139 cm³/mol. The predicted octanol–water partition coefficient (Wildman–Crippen LogP) is 2.70. The molecule has 214 valence electrons. The minimum atomic E-state index is -1.82. The topological polar surface area (TPSA) is 150 Å². The minimum Gasteiger partial charge on any atom is -0.492 e. The van der Waals surface area contributed by atoms with Gasteiger partial charge in [-0.25, -0.2) is 14.0 Å². The first-order chi connectivity index (χ1) is 18.6. The molecule has 0 radical (unpaired) electrons. The number of aliphatic carboxylic acids is 2. The van der Waals surface area contributed by atoms with Gasteiger partial charge in [-0.05, 0) is 44.9 Å². The molecule has 13 heteroatoms. The van der Waals surface area contributed by atoms with E-state index in [2.05, 4.69) is 40.8 Å². The molecule has 2 saturated heterocycles. The van der Waals surface area contributed by atoms with Crippen molar-refractivity contribution in [3.8, 4) is 5.75 Å². The second-order valence-corrected chi connectivity index (χ2v) is 9.89. The fraction of sp³-hybridized carbons (Fsp3) is 0.577. The molecule has 2 fully saturated rings. The highest BCUT2D eigenvalue weighted by Gasteiger charge is 2.26. The van der Waals surface area contributed by atoms with Crippen LogP contribution < -0.4 is 9.64 Å². The first-order valence-electron chi connectivity index (χ1n) is 13.0. The van der Waals surface area contributed by atoms with Gasteiger partial charge in [-0.1, -0.05) is 19.0 Å². The molecule has 2 aliphatic rings. The average molecular weight is 550 g/mol. The average Bonchev–Trinajstić information content (AvgIpc) is 3.62. The van der Waals surface area contributed by atoms with Gasteiger partial charge in [0, 0.05) is 50.7 Å². The quantitative estimate of drug-likeness (QED) is 0.468. The van der Waals surface area contributed by atoms with E-state index >= 15 is 0 Å². The van der Waals surface area contributed by atoms with Gasteiger partial charge in [0.1, 0.15) is 18.2 Å². The van der Waals surface area contributed by atoms with Gasteiger partial charge in [0.2, 0.25) is 0 Å². The molecule has 0 atom stereocenters. The Hall–Kier alpha value is -3.74. The van der Waals surface area contributed by atoms with Gasteiger partial charge in [-0.2, -0.15) is 4.98 Å². The summed E-state index contributed by atoms with van der Waals surface area (Å²) in [5, 5.41) is 18.8. The van der Waals surface area contributed by atoms with E-state index in [4.69, 9.17) is 29.1 Å². The molecular weight excluding hydrogens is 513 g/mol. The number of rotatable bonds is 8. The summed E-state index contributed by atoms with van der Waals surface area (Å²) in [5.74, 6) is -2.96. The van der Waals surface area contributed by atoms with E-state index in [1.165, 1.54) is 12.1 Å². The Balaban J connectivity index is 0.000000631. The number of anilines is 1. The van der Waals surface area contributed by atoms with Crippen LogP contribution in [0.1, 0.15) is 61.6 Å². The van der Waals surface area contributed by atoms with Crippen LogP contribution in [0.15, 0.2) is 22.7 Å². The van der Waals surface area contributed by atoms with Crippen LogP contribution in [0.5, 0.6) is 5.75 Å². The number of hydrogen-bond donors (Lipinski definition) is 2. The number of aromatic nitrogens is 2. The number of carbonyl (C=O) groups excluding carboxylic acids is 1. The molecule has 0 bridgehead atoms. The molecule has 12 nitrogen and oxygen atoms in total. The highest BCUT2D eigenvalue weighted by molar-refractivity contribution is 6.27. The maximum absolute atomic E-state index is 14.5. The lowest BCUT2D eigenvalue weighted by molar-refractivity contribution is -0.159. The van der Waals surface area contributed by atoms with E-state index in [1.807, 2.05) is 0 Å². The van der Waals surface area contributed by atoms with E-state index in [0.29, 0.717) is 37.5 Å². The van der Waals surface area contributed by atoms with Crippen LogP contribution in [-0.4, -0.2) is 100 Å². The van der Waals surface area contributed by atoms with Crippen molar-refractivity contribution < 1.29 is 38.2 Å². The van der Waals surface area contributed by atoms with Gasteiger partial charge < -0.3 is 29.3 Å². The number of nitrogens with zero attached hydrogens (tertiary/aromatic N) is 5. The van der Waals surface area contributed by atoms with Crippen molar-refractivity contribution in [2.75, 3.05) is 51.3 Å². The van der Waals surface area contributed by atoms with Crippen molar-refractivity contribution in [2.45, 2.75) is 51.5 Å². The Morgan fingerprint density at radius 2 is 1.77 bits per heavy atom. The van der Waals surface area contributed by atoms with Crippen LogP contribution >= 0.6 is 0 Å². The molecule has 4 rings (SSSR count). The van der Waals surface area contributed by atoms with Crippen LogP contribution in [0.4, 0.5) is 10.4 Å². The Morgan fingerprint density at radius 3 is 2.31 bits per heavy atom. The number of likely N-dealkylation sites (N-methyl/N-ethyl adjacent to an activating group) is 1. The van der Waals surface area contributed by atoms with Crippen LogP contribution in [-0.2, 0) is 9.59 Å². The number of benzene rings is 1. The molecule has 2 aromatic rings. The molecule has 0 spiro atoms. The van der Waals surface area contributed by atoms with Crippen molar-refractivity contribution in [1.29, 1.82) is 0 Å². The second-order valence-electron chi connectivity index (χ2n) is 9.89. The van der Waals surface area contributed by atoms with Gasteiger partial charge in [-0.15, -0.1) is 0 Å². The van der Waals surface area contributed by atoms with Crippen LogP contribution in [0.2, 0.25) is 0 Å². The van der Waals surface area contributed by atoms with Gasteiger partial charge in [0.15, 0.2) is 5.82 Å². The third-order valence-corrected chi connectivity index (χ3v) is 6.77. The molecule has 0 unspecified atom stereocenters. The fourth-order valence-electron chi connectivity index (χ4n) is 4.43. The third-order valence-electron chi connectivity index (χ3n) is 6.77. The Bertz CT molecular complexity index is 1120. The van der Waals surface area contributed by atoms with Crippen molar-refractivity contribution >= 4 is 23.9 Å². The fourth-order valence-corrected chi connectivity index (χ4v) is 4.43. The molecule has 3 heterocycles. The number of piperidine rings is 1. The van der Waals surface area contributed by atoms with E-state index in [1.54, 1.807) is 11.0 Å². The zero-order chi connectivity index (χ0) is 28.5. The maximum Gasteiger partial charge on any atom is 0.414 e. The molecule has 0 saturated carbocycles. The molecular formula is C26H36FN5O7. The lowest BCUT2D eigenvalue weighted by Crippen LogP contribution is -2.44. The summed E-state index contributed by atoms with van der Waals surface area (Å²) >= 11 is 0.